The summed E-state index contributed by atoms with van der Waals surface area (Å²) in [5.74, 6) is 1.92. The van der Waals surface area contributed by atoms with Crippen molar-refractivity contribution in [2.75, 3.05) is 24.7 Å². The van der Waals surface area contributed by atoms with Gasteiger partial charge in [-0.05, 0) is 0 Å². The molecule has 2 heterocycles. The van der Waals surface area contributed by atoms with E-state index in [1.165, 1.54) is 0 Å². The summed E-state index contributed by atoms with van der Waals surface area (Å²) in [6.07, 6.45) is 0. The van der Waals surface area contributed by atoms with Gasteiger partial charge in [-0.25, -0.2) is 0 Å². The number of hydrogen-bond donors (Lipinski definition) is 2. The molecule has 102 valence electrons. The normalized spacial score (nSPS) is 10.7. The van der Waals surface area contributed by atoms with Crippen LogP contribution in [0.2, 0.25) is 0 Å². The first-order chi connectivity index (χ1) is 9.66. The minimum atomic E-state index is 0.346. The summed E-state index contributed by atoms with van der Waals surface area (Å²) in [7, 11) is 3.74. The molecular weight excluding hydrogens is 256 g/mol. The molecule has 0 unspecified atom stereocenters. The first-order valence-corrected chi connectivity index (χ1v) is 6.07. The number of nitrogens with two attached hydrogens (primary N) is 1. The van der Waals surface area contributed by atoms with Crippen molar-refractivity contribution in [3.63, 3.8) is 0 Å². The molecule has 0 aliphatic rings. The van der Waals surface area contributed by atoms with E-state index < -0.39 is 0 Å². The van der Waals surface area contributed by atoms with Gasteiger partial charge in [-0.2, -0.15) is 10.1 Å². The van der Waals surface area contributed by atoms with Crippen LogP contribution in [0.1, 0.15) is 0 Å². The Balaban J connectivity index is 2.05. The SMILES string of the molecule is CN(C)c1n[nH]c(N)c1-c1nc(-c2ccccc2)no1. The quantitative estimate of drug-likeness (QED) is 0.753. The molecule has 0 bridgehead atoms. The van der Waals surface area contributed by atoms with E-state index in [4.69, 9.17) is 10.3 Å². The molecule has 0 aliphatic carbocycles. The van der Waals surface area contributed by atoms with Gasteiger partial charge in [0.25, 0.3) is 5.89 Å². The zero-order chi connectivity index (χ0) is 14.1. The topological polar surface area (TPSA) is 96.9 Å². The molecule has 0 saturated heterocycles. The molecule has 7 nitrogen and oxygen atoms in total. The van der Waals surface area contributed by atoms with Gasteiger partial charge in [0.15, 0.2) is 5.82 Å². The number of nitrogens with one attached hydrogen (secondary N) is 1. The molecule has 0 atom stereocenters. The molecule has 20 heavy (non-hydrogen) atoms. The third-order valence-corrected chi connectivity index (χ3v) is 2.87. The fraction of sp³-hybridized carbons (Fsp3) is 0.154. The van der Waals surface area contributed by atoms with Gasteiger partial charge < -0.3 is 15.2 Å². The predicted molar refractivity (Wildman–Crippen MR) is 76.1 cm³/mol. The third-order valence-electron chi connectivity index (χ3n) is 2.87. The maximum atomic E-state index is 5.89. The molecule has 0 fully saturated rings. The molecular formula is C13H14N6O. The van der Waals surface area contributed by atoms with Gasteiger partial charge in [0.2, 0.25) is 5.82 Å². The van der Waals surface area contributed by atoms with Crippen LogP contribution in [-0.4, -0.2) is 34.4 Å². The lowest BCUT2D eigenvalue weighted by Gasteiger charge is -2.08. The molecule has 2 aromatic heterocycles. The second-order valence-electron chi connectivity index (χ2n) is 4.52. The Morgan fingerprint density at radius 2 is 1.95 bits per heavy atom. The standard InChI is InChI=1S/C13H14N6O/c1-19(2)12-9(10(14)16-17-12)13-15-11(18-20-13)8-6-4-3-5-7-8/h3-7H,1-2H3,(H3,14,16,17). The Bertz CT molecular complexity index is 716. The number of rotatable bonds is 3. The van der Waals surface area contributed by atoms with Crippen molar-refractivity contribution >= 4 is 11.6 Å². The highest BCUT2D eigenvalue weighted by atomic mass is 16.5. The van der Waals surface area contributed by atoms with Crippen molar-refractivity contribution in [2.24, 2.45) is 0 Å². The Labute approximate surface area is 115 Å². The molecule has 3 aromatic rings. The molecule has 0 saturated carbocycles. The average Bonchev–Trinajstić information content (AvgIpc) is 3.06. The predicted octanol–water partition coefficient (Wildman–Crippen LogP) is 1.77. The van der Waals surface area contributed by atoms with Crippen LogP contribution in [-0.2, 0) is 0 Å². The van der Waals surface area contributed by atoms with E-state index in [-0.39, 0.29) is 0 Å². The van der Waals surface area contributed by atoms with Crippen molar-refractivity contribution in [3.8, 4) is 22.8 Å². The van der Waals surface area contributed by atoms with Crippen molar-refractivity contribution in [2.45, 2.75) is 0 Å². The van der Waals surface area contributed by atoms with E-state index in [9.17, 15) is 0 Å². The van der Waals surface area contributed by atoms with Gasteiger partial charge in [0, 0.05) is 19.7 Å². The lowest BCUT2D eigenvalue weighted by molar-refractivity contribution is 0.432. The van der Waals surface area contributed by atoms with Gasteiger partial charge in [0.1, 0.15) is 11.4 Å². The Morgan fingerprint density at radius 3 is 2.65 bits per heavy atom. The summed E-state index contributed by atoms with van der Waals surface area (Å²) in [4.78, 5) is 6.21. The molecule has 3 N–H and O–H groups in total. The number of nitrogens with zero attached hydrogens (tertiary/aromatic N) is 4. The number of benzene rings is 1. The lowest BCUT2D eigenvalue weighted by atomic mass is 10.2. The molecule has 7 heteroatoms. The number of nitrogen functional groups attached to an aromatic ring is 1. The highest BCUT2D eigenvalue weighted by Crippen LogP contribution is 2.32. The minimum absolute atomic E-state index is 0.346. The van der Waals surface area contributed by atoms with Crippen LogP contribution >= 0.6 is 0 Å². The number of anilines is 2. The fourth-order valence-corrected chi connectivity index (χ4v) is 1.91. The van der Waals surface area contributed by atoms with Gasteiger partial charge >= 0.3 is 0 Å². The maximum absolute atomic E-state index is 5.89. The number of aromatic nitrogens is 4. The highest BCUT2D eigenvalue weighted by Gasteiger charge is 2.21. The monoisotopic (exact) mass is 270 g/mol. The van der Waals surface area contributed by atoms with Gasteiger partial charge in [0.05, 0.1) is 0 Å². The van der Waals surface area contributed by atoms with E-state index >= 15 is 0 Å². The van der Waals surface area contributed by atoms with Gasteiger partial charge in [-0.1, -0.05) is 35.5 Å². The largest absolute Gasteiger partial charge is 0.383 e. The summed E-state index contributed by atoms with van der Waals surface area (Å²) < 4.78 is 5.31. The summed E-state index contributed by atoms with van der Waals surface area (Å²) in [5, 5.41) is 10.8. The van der Waals surface area contributed by atoms with Gasteiger partial charge in [-0.3, -0.25) is 5.10 Å². The van der Waals surface area contributed by atoms with Crippen LogP contribution in [0.15, 0.2) is 34.9 Å². The highest BCUT2D eigenvalue weighted by molar-refractivity contribution is 5.80. The fourth-order valence-electron chi connectivity index (χ4n) is 1.91. The first-order valence-electron chi connectivity index (χ1n) is 6.07. The van der Waals surface area contributed by atoms with Crippen molar-refractivity contribution < 1.29 is 4.52 Å². The summed E-state index contributed by atoms with van der Waals surface area (Å²) in [6, 6.07) is 9.61. The van der Waals surface area contributed by atoms with Crippen LogP contribution in [0.25, 0.3) is 22.8 Å². The first kappa shape index (κ1) is 12.2. The Hall–Kier alpha value is -2.83. The zero-order valence-electron chi connectivity index (χ0n) is 11.2. The van der Waals surface area contributed by atoms with Crippen molar-refractivity contribution in [1.29, 1.82) is 0 Å². The Kier molecular flexibility index (Phi) is 2.86. The summed E-state index contributed by atoms with van der Waals surface area (Å²) in [6.45, 7) is 0. The number of H-pyrrole nitrogens is 1. The van der Waals surface area contributed by atoms with Crippen LogP contribution < -0.4 is 10.6 Å². The maximum Gasteiger partial charge on any atom is 0.265 e. The van der Waals surface area contributed by atoms with E-state index in [2.05, 4.69) is 20.3 Å². The second kappa shape index (κ2) is 4.69. The molecule has 0 radical (unpaired) electrons. The van der Waals surface area contributed by atoms with Crippen LogP contribution in [0, 0.1) is 0 Å². The van der Waals surface area contributed by atoms with Crippen LogP contribution in [0.3, 0.4) is 0 Å². The number of aromatic amines is 1. The molecule has 1 aromatic carbocycles. The van der Waals surface area contributed by atoms with Gasteiger partial charge in [-0.15, -0.1) is 0 Å². The van der Waals surface area contributed by atoms with Crippen LogP contribution in [0.5, 0.6) is 0 Å². The zero-order valence-corrected chi connectivity index (χ0v) is 11.2. The van der Waals surface area contributed by atoms with Crippen molar-refractivity contribution in [3.05, 3.63) is 30.3 Å². The number of hydrogen-bond acceptors (Lipinski definition) is 6. The van der Waals surface area contributed by atoms with E-state index in [0.717, 1.165) is 5.56 Å². The van der Waals surface area contributed by atoms with Crippen molar-refractivity contribution in [1.82, 2.24) is 20.3 Å². The molecule has 0 aliphatic heterocycles. The molecule has 0 amide bonds. The lowest BCUT2D eigenvalue weighted by Crippen LogP contribution is -2.10. The molecule has 0 spiro atoms. The smallest absolute Gasteiger partial charge is 0.265 e. The van der Waals surface area contributed by atoms with Crippen LogP contribution in [0.4, 0.5) is 11.6 Å². The average molecular weight is 270 g/mol. The van der Waals surface area contributed by atoms with E-state index in [0.29, 0.717) is 28.9 Å². The van der Waals surface area contributed by atoms with E-state index in [1.54, 1.807) is 0 Å². The third kappa shape index (κ3) is 1.99. The summed E-state index contributed by atoms with van der Waals surface area (Å²) in [5.41, 5.74) is 7.39. The molecule has 3 rings (SSSR count). The second-order valence-corrected chi connectivity index (χ2v) is 4.52. The minimum Gasteiger partial charge on any atom is -0.383 e. The summed E-state index contributed by atoms with van der Waals surface area (Å²) >= 11 is 0. The Morgan fingerprint density at radius 1 is 1.20 bits per heavy atom. The van der Waals surface area contributed by atoms with E-state index in [1.807, 2.05) is 49.3 Å².